The van der Waals surface area contributed by atoms with Gasteiger partial charge in [-0.15, -0.1) is 0 Å². The van der Waals surface area contributed by atoms with Gasteiger partial charge in [-0.2, -0.15) is 0 Å². The lowest BCUT2D eigenvalue weighted by molar-refractivity contribution is -0.383. The van der Waals surface area contributed by atoms with Crippen molar-refractivity contribution in [2.24, 2.45) is 0 Å². The van der Waals surface area contributed by atoms with Gasteiger partial charge in [-0.1, -0.05) is 25.5 Å². The maximum Gasteiger partial charge on any atom is 0.281 e. The van der Waals surface area contributed by atoms with Crippen molar-refractivity contribution >= 4 is 38.6 Å². The van der Waals surface area contributed by atoms with Crippen molar-refractivity contribution in [3.05, 3.63) is 64.2 Å². The number of nitrogens with one attached hydrogen (secondary N) is 1. The van der Waals surface area contributed by atoms with Crippen LogP contribution >= 0.6 is 0 Å². The molecule has 0 aromatic heterocycles. The minimum atomic E-state index is -0.715. The van der Waals surface area contributed by atoms with Gasteiger partial charge in [-0.25, -0.2) is 0 Å². The van der Waals surface area contributed by atoms with Gasteiger partial charge >= 0.3 is 0 Å². The Bertz CT molecular complexity index is 1400. The summed E-state index contributed by atoms with van der Waals surface area (Å²) in [5.74, 6) is -1.94. The summed E-state index contributed by atoms with van der Waals surface area (Å²) in [6.07, 6.45) is 2.88. The number of anilines is 2. The average molecular weight is 479 g/mol. The van der Waals surface area contributed by atoms with Crippen LogP contribution in [0, 0.1) is 10.1 Å². The fraction of sp³-hybridized carbons (Fsp3) is 0.231. The highest BCUT2D eigenvalue weighted by molar-refractivity contribution is 6.20. The number of benzene rings is 4. The molecule has 0 atom stereocenters. The number of hydrogen-bond donors (Lipinski definition) is 5. The van der Waals surface area contributed by atoms with Crippen molar-refractivity contribution in [1.29, 1.82) is 0 Å². The Morgan fingerprint density at radius 1 is 0.829 bits per heavy atom. The third-order valence-corrected chi connectivity index (χ3v) is 5.90. The van der Waals surface area contributed by atoms with Crippen LogP contribution in [-0.4, -0.2) is 38.6 Å². The summed E-state index contributed by atoms with van der Waals surface area (Å²) in [4.78, 5) is 10.9. The number of nitro groups is 1. The monoisotopic (exact) mass is 478 g/mol. The first-order valence-corrected chi connectivity index (χ1v) is 11.3. The Balaban J connectivity index is 1.75. The van der Waals surface area contributed by atoms with Gasteiger partial charge in [-0.05, 0) is 48.7 Å². The number of hydrogen-bond acceptors (Lipinski definition) is 8. The maximum absolute atomic E-state index is 11.6. The van der Waals surface area contributed by atoms with E-state index in [4.69, 9.17) is 4.74 Å². The SMILES string of the molecule is CCCCOCCc1ccc(Nc2ccc(O)c3c(O)c4c(O)ccc([N+](=O)[O-])c4c(O)c23)cc1. The normalized spacial score (nSPS) is 11.2. The molecule has 35 heavy (non-hydrogen) atoms. The van der Waals surface area contributed by atoms with Crippen LogP contribution in [0.2, 0.25) is 0 Å². The highest BCUT2D eigenvalue weighted by Crippen LogP contribution is 2.52. The molecule has 4 aromatic carbocycles. The highest BCUT2D eigenvalue weighted by Gasteiger charge is 2.27. The van der Waals surface area contributed by atoms with Crippen LogP contribution in [0.1, 0.15) is 25.3 Å². The molecule has 0 bridgehead atoms. The minimum Gasteiger partial charge on any atom is -0.507 e. The minimum absolute atomic E-state index is 0.0166. The molecule has 9 nitrogen and oxygen atoms in total. The summed E-state index contributed by atoms with van der Waals surface area (Å²) in [5.41, 5.74) is 1.56. The number of phenols is 4. The number of nitro benzene ring substituents is 1. The highest BCUT2D eigenvalue weighted by atomic mass is 16.6. The van der Waals surface area contributed by atoms with E-state index in [0.717, 1.165) is 43.6 Å². The predicted octanol–water partition coefficient (Wildman–Crippen LogP) is 5.83. The maximum atomic E-state index is 11.6. The van der Waals surface area contributed by atoms with Crippen LogP contribution in [0.15, 0.2) is 48.5 Å². The second-order valence-electron chi connectivity index (χ2n) is 8.23. The molecule has 0 saturated carbocycles. The van der Waals surface area contributed by atoms with Crippen molar-refractivity contribution < 1.29 is 30.1 Å². The van der Waals surface area contributed by atoms with Crippen LogP contribution < -0.4 is 5.32 Å². The molecule has 0 heterocycles. The molecule has 4 rings (SSSR count). The third kappa shape index (κ3) is 4.58. The number of rotatable bonds is 9. The zero-order valence-corrected chi connectivity index (χ0v) is 19.1. The zero-order chi connectivity index (χ0) is 25.1. The van der Waals surface area contributed by atoms with E-state index in [1.54, 1.807) is 0 Å². The Labute approximate surface area is 201 Å². The molecule has 0 saturated heterocycles. The molecular formula is C26H26N2O7. The lowest BCUT2D eigenvalue weighted by atomic mass is 9.96. The molecule has 0 fully saturated rings. The van der Waals surface area contributed by atoms with E-state index in [-0.39, 0.29) is 27.3 Å². The largest absolute Gasteiger partial charge is 0.507 e. The summed E-state index contributed by atoms with van der Waals surface area (Å²) in [5, 5.41) is 56.6. The summed E-state index contributed by atoms with van der Waals surface area (Å²) in [6.45, 7) is 3.48. The molecule has 0 amide bonds. The number of ether oxygens (including phenoxy) is 1. The topological polar surface area (TPSA) is 145 Å². The predicted molar refractivity (Wildman–Crippen MR) is 134 cm³/mol. The summed E-state index contributed by atoms with van der Waals surface area (Å²) >= 11 is 0. The summed E-state index contributed by atoms with van der Waals surface area (Å²) in [7, 11) is 0. The van der Waals surface area contributed by atoms with Crippen molar-refractivity contribution in [2.75, 3.05) is 18.5 Å². The second-order valence-corrected chi connectivity index (χ2v) is 8.23. The van der Waals surface area contributed by atoms with Gasteiger partial charge in [-0.3, -0.25) is 10.1 Å². The number of aromatic hydroxyl groups is 4. The summed E-state index contributed by atoms with van der Waals surface area (Å²) in [6, 6.07) is 12.5. The van der Waals surface area contributed by atoms with E-state index in [2.05, 4.69) is 12.2 Å². The van der Waals surface area contributed by atoms with Gasteiger partial charge in [0.15, 0.2) is 0 Å². The Morgan fingerprint density at radius 2 is 1.46 bits per heavy atom. The van der Waals surface area contributed by atoms with E-state index in [1.165, 1.54) is 12.1 Å². The first kappa shape index (κ1) is 23.9. The average Bonchev–Trinajstić information content (AvgIpc) is 2.84. The quantitative estimate of drug-likeness (QED) is 0.0664. The molecule has 4 aromatic rings. The van der Waals surface area contributed by atoms with Crippen molar-refractivity contribution in [2.45, 2.75) is 26.2 Å². The molecule has 0 aliphatic heterocycles. The molecule has 5 N–H and O–H groups in total. The van der Waals surface area contributed by atoms with Crippen LogP contribution in [0.3, 0.4) is 0 Å². The lowest BCUT2D eigenvalue weighted by Gasteiger charge is -2.16. The van der Waals surface area contributed by atoms with E-state index in [0.29, 0.717) is 18.0 Å². The van der Waals surface area contributed by atoms with Gasteiger partial charge < -0.3 is 30.5 Å². The van der Waals surface area contributed by atoms with E-state index < -0.39 is 27.9 Å². The molecule has 0 aliphatic carbocycles. The van der Waals surface area contributed by atoms with Crippen molar-refractivity contribution in [3.63, 3.8) is 0 Å². The lowest BCUT2D eigenvalue weighted by Crippen LogP contribution is -2.00. The second kappa shape index (κ2) is 9.94. The van der Waals surface area contributed by atoms with Gasteiger partial charge in [0.25, 0.3) is 5.69 Å². The first-order valence-electron chi connectivity index (χ1n) is 11.3. The number of non-ortho nitro benzene ring substituents is 1. The number of fused-ring (bicyclic) bond motifs is 2. The molecule has 0 aliphatic rings. The molecule has 9 heteroatoms. The van der Waals surface area contributed by atoms with Gasteiger partial charge in [0.05, 0.1) is 33.4 Å². The standard InChI is InChI=1S/C26H26N2O7/c1-2-3-13-35-14-12-15-4-6-16(7-5-15)27-17-8-10-19(29)23-21(17)25(31)22-18(28(33)34)9-11-20(30)24(22)26(23)32/h4-11,27,29-32H,2-3,12-14H2,1H3. The Hall–Kier alpha value is -4.24. The molecule has 0 spiro atoms. The number of nitrogens with zero attached hydrogens (tertiary/aromatic N) is 1. The fourth-order valence-electron chi connectivity index (χ4n) is 4.09. The first-order chi connectivity index (χ1) is 16.8. The van der Waals surface area contributed by atoms with Crippen LogP contribution in [0.25, 0.3) is 21.5 Å². The summed E-state index contributed by atoms with van der Waals surface area (Å²) < 4.78 is 5.60. The van der Waals surface area contributed by atoms with Crippen molar-refractivity contribution in [3.8, 4) is 23.0 Å². The van der Waals surface area contributed by atoms with E-state index in [9.17, 15) is 30.5 Å². The molecule has 0 unspecified atom stereocenters. The van der Waals surface area contributed by atoms with E-state index in [1.807, 2.05) is 24.3 Å². The Kier molecular flexibility index (Phi) is 6.79. The molecule has 182 valence electrons. The molecule has 0 radical (unpaired) electrons. The van der Waals surface area contributed by atoms with Crippen molar-refractivity contribution in [1.82, 2.24) is 0 Å². The van der Waals surface area contributed by atoms with Crippen LogP contribution in [0.5, 0.6) is 23.0 Å². The number of phenolic OH excluding ortho intramolecular Hbond substituents is 4. The Morgan fingerprint density at radius 3 is 2.11 bits per heavy atom. The van der Waals surface area contributed by atoms with E-state index >= 15 is 0 Å². The van der Waals surface area contributed by atoms with Crippen LogP contribution in [-0.2, 0) is 11.2 Å². The molecular weight excluding hydrogens is 452 g/mol. The van der Waals surface area contributed by atoms with Gasteiger partial charge in [0.2, 0.25) is 0 Å². The van der Waals surface area contributed by atoms with Crippen LogP contribution in [0.4, 0.5) is 17.1 Å². The van der Waals surface area contributed by atoms with Gasteiger partial charge in [0, 0.05) is 18.4 Å². The smallest absolute Gasteiger partial charge is 0.281 e. The third-order valence-electron chi connectivity index (χ3n) is 5.90. The van der Waals surface area contributed by atoms with Gasteiger partial charge in [0.1, 0.15) is 28.4 Å². The zero-order valence-electron chi connectivity index (χ0n) is 19.1. The fourth-order valence-corrected chi connectivity index (χ4v) is 4.09. The number of unbranched alkanes of at least 4 members (excludes halogenated alkanes) is 1.